The molecule has 1 fully saturated rings. The summed E-state index contributed by atoms with van der Waals surface area (Å²) in [4.78, 5) is 13.9. The van der Waals surface area contributed by atoms with Crippen LogP contribution in [0.1, 0.15) is 24.0 Å². The number of piperidine rings is 1. The second kappa shape index (κ2) is 9.02. The molecule has 0 radical (unpaired) electrons. The zero-order valence-electron chi connectivity index (χ0n) is 14.5. The van der Waals surface area contributed by atoms with Gasteiger partial charge in [0, 0.05) is 35.9 Å². The second-order valence-electron chi connectivity index (χ2n) is 6.86. The average molecular weight is 358 g/mol. The fraction of sp³-hybridized carbons (Fsp3) is 0.381. The van der Waals surface area contributed by atoms with Gasteiger partial charge in [0.25, 0.3) is 0 Å². The van der Waals surface area contributed by atoms with Crippen LogP contribution in [0.3, 0.4) is 0 Å². The van der Waals surface area contributed by atoms with E-state index in [2.05, 4.69) is 23.5 Å². The summed E-state index contributed by atoms with van der Waals surface area (Å²) < 4.78 is 0. The molecule has 1 amide bonds. The van der Waals surface area contributed by atoms with Gasteiger partial charge in [0.15, 0.2) is 0 Å². The van der Waals surface area contributed by atoms with Gasteiger partial charge in [-0.25, -0.2) is 0 Å². The zero-order valence-corrected chi connectivity index (χ0v) is 15.3. The number of carbonyl (C=O) groups is 1. The largest absolute Gasteiger partial charge is 0.356 e. The summed E-state index contributed by atoms with van der Waals surface area (Å²) in [5, 5.41) is 3.90. The molecule has 0 unspecified atom stereocenters. The number of hydrogen-bond donors (Lipinski definition) is 2. The van der Waals surface area contributed by atoms with Gasteiger partial charge in [0.1, 0.15) is 6.54 Å². The zero-order chi connectivity index (χ0) is 17.5. The number of nitrogens with one attached hydrogen (secondary N) is 2. The molecule has 2 aromatic carbocycles. The van der Waals surface area contributed by atoms with Crippen LogP contribution in [0.4, 0.5) is 0 Å². The molecule has 0 atom stereocenters. The highest BCUT2D eigenvalue weighted by atomic mass is 35.5. The van der Waals surface area contributed by atoms with Gasteiger partial charge in [0.05, 0.1) is 13.1 Å². The highest BCUT2D eigenvalue weighted by molar-refractivity contribution is 6.30. The molecular formula is C21H26ClN2O+. The van der Waals surface area contributed by atoms with E-state index in [-0.39, 0.29) is 11.8 Å². The van der Waals surface area contributed by atoms with Crippen LogP contribution in [-0.4, -0.2) is 25.5 Å². The third-order valence-corrected chi connectivity index (χ3v) is 5.20. The molecule has 0 bridgehead atoms. The van der Waals surface area contributed by atoms with E-state index in [0.717, 1.165) is 50.5 Å². The minimum absolute atomic E-state index is 0.166. The Kier molecular flexibility index (Phi) is 6.48. The molecule has 25 heavy (non-hydrogen) atoms. The minimum Gasteiger partial charge on any atom is -0.356 e. The van der Waals surface area contributed by atoms with Crippen LogP contribution in [-0.2, 0) is 17.8 Å². The van der Waals surface area contributed by atoms with Gasteiger partial charge >= 0.3 is 0 Å². The SMILES string of the molecule is O=C(NCCc1ccccc1)C1CC[NH+](Cc2cccc(Cl)c2)CC1. The molecule has 1 aliphatic rings. The molecule has 1 saturated heterocycles. The van der Waals surface area contributed by atoms with E-state index < -0.39 is 0 Å². The number of hydrogen-bond acceptors (Lipinski definition) is 1. The Hall–Kier alpha value is -1.84. The van der Waals surface area contributed by atoms with Crippen LogP contribution < -0.4 is 10.2 Å². The molecular weight excluding hydrogens is 332 g/mol. The number of carbonyl (C=O) groups excluding carboxylic acids is 1. The summed E-state index contributed by atoms with van der Waals surface area (Å²) >= 11 is 6.06. The van der Waals surface area contributed by atoms with Crippen molar-refractivity contribution in [1.29, 1.82) is 0 Å². The first-order chi connectivity index (χ1) is 12.2. The topological polar surface area (TPSA) is 33.5 Å². The highest BCUT2D eigenvalue weighted by Crippen LogP contribution is 2.12. The first-order valence-corrected chi connectivity index (χ1v) is 9.48. The highest BCUT2D eigenvalue weighted by Gasteiger charge is 2.27. The maximum absolute atomic E-state index is 12.4. The second-order valence-corrected chi connectivity index (χ2v) is 7.29. The van der Waals surface area contributed by atoms with Gasteiger partial charge < -0.3 is 10.2 Å². The van der Waals surface area contributed by atoms with E-state index in [9.17, 15) is 4.79 Å². The van der Waals surface area contributed by atoms with E-state index >= 15 is 0 Å². The third kappa shape index (κ3) is 5.58. The van der Waals surface area contributed by atoms with E-state index in [0.29, 0.717) is 0 Å². The van der Waals surface area contributed by atoms with E-state index in [1.54, 1.807) is 0 Å². The maximum atomic E-state index is 12.4. The summed E-state index contributed by atoms with van der Waals surface area (Å²) in [6.07, 6.45) is 2.82. The monoisotopic (exact) mass is 357 g/mol. The fourth-order valence-electron chi connectivity index (χ4n) is 3.52. The molecule has 2 N–H and O–H groups in total. The third-order valence-electron chi connectivity index (χ3n) is 4.96. The smallest absolute Gasteiger partial charge is 0.223 e. The summed E-state index contributed by atoms with van der Waals surface area (Å²) in [6, 6.07) is 18.4. The van der Waals surface area contributed by atoms with Crippen LogP contribution in [0.2, 0.25) is 5.02 Å². The average Bonchev–Trinajstić information content (AvgIpc) is 2.63. The fourth-order valence-corrected chi connectivity index (χ4v) is 3.73. The van der Waals surface area contributed by atoms with Crippen molar-refractivity contribution in [2.75, 3.05) is 19.6 Å². The number of amides is 1. The molecule has 1 heterocycles. The number of likely N-dealkylation sites (tertiary alicyclic amines) is 1. The van der Waals surface area contributed by atoms with E-state index in [1.807, 2.05) is 36.4 Å². The molecule has 1 aliphatic heterocycles. The quantitative estimate of drug-likeness (QED) is 0.818. The molecule has 4 heteroatoms. The molecule has 0 aromatic heterocycles. The lowest BCUT2D eigenvalue weighted by Gasteiger charge is -2.28. The van der Waals surface area contributed by atoms with Crippen molar-refractivity contribution < 1.29 is 9.69 Å². The van der Waals surface area contributed by atoms with Crippen molar-refractivity contribution in [2.45, 2.75) is 25.8 Å². The summed E-state index contributed by atoms with van der Waals surface area (Å²) in [5.41, 5.74) is 2.54. The Balaban J connectivity index is 1.38. The van der Waals surface area contributed by atoms with Crippen LogP contribution in [0.5, 0.6) is 0 Å². The summed E-state index contributed by atoms with van der Waals surface area (Å²) in [5.74, 6) is 0.386. The van der Waals surface area contributed by atoms with Crippen LogP contribution in [0.25, 0.3) is 0 Å². The van der Waals surface area contributed by atoms with Gasteiger partial charge in [-0.2, -0.15) is 0 Å². The number of rotatable bonds is 6. The molecule has 0 aliphatic carbocycles. The Morgan fingerprint density at radius 3 is 2.48 bits per heavy atom. The lowest BCUT2D eigenvalue weighted by Crippen LogP contribution is -3.11. The molecule has 132 valence electrons. The van der Waals surface area contributed by atoms with Crippen molar-refractivity contribution in [2.24, 2.45) is 5.92 Å². The molecule has 3 rings (SSSR count). The Labute approximate surface area is 155 Å². The van der Waals surface area contributed by atoms with Crippen molar-refractivity contribution in [1.82, 2.24) is 5.32 Å². The van der Waals surface area contributed by atoms with Gasteiger partial charge in [-0.05, 0) is 24.1 Å². The summed E-state index contributed by atoms with van der Waals surface area (Å²) in [6.45, 7) is 3.80. The molecule has 0 saturated carbocycles. The van der Waals surface area contributed by atoms with E-state index in [4.69, 9.17) is 11.6 Å². The number of quaternary nitrogens is 1. The van der Waals surface area contributed by atoms with Crippen molar-refractivity contribution in [3.05, 3.63) is 70.7 Å². The predicted octanol–water partition coefficient (Wildman–Crippen LogP) is 2.49. The van der Waals surface area contributed by atoms with Crippen LogP contribution >= 0.6 is 11.6 Å². The van der Waals surface area contributed by atoms with Gasteiger partial charge in [-0.15, -0.1) is 0 Å². The first kappa shape index (κ1) is 18.0. The van der Waals surface area contributed by atoms with Crippen molar-refractivity contribution in [3.63, 3.8) is 0 Å². The maximum Gasteiger partial charge on any atom is 0.223 e. The van der Waals surface area contributed by atoms with Crippen molar-refractivity contribution in [3.8, 4) is 0 Å². The Morgan fingerprint density at radius 2 is 1.76 bits per heavy atom. The lowest BCUT2D eigenvalue weighted by atomic mass is 9.95. The Morgan fingerprint density at radius 1 is 1.04 bits per heavy atom. The van der Waals surface area contributed by atoms with E-state index in [1.165, 1.54) is 16.0 Å². The standard InChI is InChI=1S/C21H25ClN2O/c22-20-8-4-7-18(15-20)16-24-13-10-19(11-14-24)21(25)23-12-9-17-5-2-1-3-6-17/h1-8,15,19H,9-14,16H2,(H,23,25)/p+1. The predicted molar refractivity (Wildman–Crippen MR) is 102 cm³/mol. The van der Waals surface area contributed by atoms with Gasteiger partial charge in [-0.1, -0.05) is 54.1 Å². The van der Waals surface area contributed by atoms with Crippen molar-refractivity contribution >= 4 is 17.5 Å². The van der Waals surface area contributed by atoms with Crippen LogP contribution in [0, 0.1) is 5.92 Å². The summed E-state index contributed by atoms with van der Waals surface area (Å²) in [7, 11) is 0. The first-order valence-electron chi connectivity index (χ1n) is 9.10. The minimum atomic E-state index is 0.166. The molecule has 3 nitrogen and oxygen atoms in total. The lowest BCUT2D eigenvalue weighted by molar-refractivity contribution is -0.919. The normalized spacial score (nSPS) is 20.2. The molecule has 2 aromatic rings. The number of benzene rings is 2. The molecule has 0 spiro atoms. The van der Waals surface area contributed by atoms with Crippen LogP contribution in [0.15, 0.2) is 54.6 Å². The van der Waals surface area contributed by atoms with Gasteiger partial charge in [-0.3, -0.25) is 4.79 Å². The number of halogens is 1. The van der Waals surface area contributed by atoms with Gasteiger partial charge in [0.2, 0.25) is 5.91 Å². The Bertz CT molecular complexity index is 681.